The van der Waals surface area contributed by atoms with E-state index >= 15 is 0 Å². The maximum Gasteiger partial charge on any atom is 0.328 e. The molecule has 1 saturated carbocycles. The second-order valence-corrected chi connectivity index (χ2v) is 5.78. The third-order valence-electron chi connectivity index (χ3n) is 4.21. The Labute approximate surface area is 135 Å². The third-order valence-corrected chi connectivity index (χ3v) is 4.21. The van der Waals surface area contributed by atoms with Crippen LogP contribution in [0.3, 0.4) is 0 Å². The maximum atomic E-state index is 11.8. The van der Waals surface area contributed by atoms with Crippen molar-refractivity contribution < 1.29 is 19.1 Å². The Morgan fingerprint density at radius 1 is 1.22 bits per heavy atom. The molecule has 1 saturated heterocycles. The predicted molar refractivity (Wildman–Crippen MR) is 85.2 cm³/mol. The Kier molecular flexibility index (Phi) is 4.23. The molecule has 0 aromatic heterocycles. The summed E-state index contributed by atoms with van der Waals surface area (Å²) in [5.41, 5.74) is 1.09. The number of carbonyl (C=O) groups excluding carboxylic acids is 2. The van der Waals surface area contributed by atoms with Crippen LogP contribution in [0.2, 0.25) is 0 Å². The van der Waals surface area contributed by atoms with Gasteiger partial charge in [0.05, 0.1) is 13.2 Å². The molecule has 3 rings (SSSR count). The van der Waals surface area contributed by atoms with Crippen molar-refractivity contribution in [2.45, 2.75) is 31.8 Å². The largest absolute Gasteiger partial charge is 0.493 e. The van der Waals surface area contributed by atoms with Gasteiger partial charge in [-0.15, -0.1) is 0 Å². The number of hydrogen-bond donors (Lipinski definition) is 1. The van der Waals surface area contributed by atoms with Crippen molar-refractivity contribution in [3.63, 3.8) is 0 Å². The van der Waals surface area contributed by atoms with Crippen molar-refractivity contribution in [2.75, 3.05) is 14.2 Å². The number of likely N-dealkylation sites (N-methyl/N-ethyl adjacent to an activating group) is 1. The van der Waals surface area contributed by atoms with E-state index in [9.17, 15) is 9.59 Å². The number of nitrogens with one attached hydrogen (secondary N) is 1. The monoisotopic (exact) mass is 316 g/mol. The highest BCUT2D eigenvalue weighted by Crippen LogP contribution is 2.33. The number of amides is 3. The quantitative estimate of drug-likeness (QED) is 0.685. The standard InChI is InChI=1S/C17H20N2O4/c1-19-13(16(20)18-17(19)21)9-11-7-8-14(22-2)15(10-11)23-12-5-3-4-6-12/h7-10,12H,3-6H2,1-2H3,(H,18,20,21)/b13-9-. The molecule has 1 aliphatic carbocycles. The molecule has 0 atom stereocenters. The summed E-state index contributed by atoms with van der Waals surface area (Å²) in [6, 6.07) is 5.06. The fourth-order valence-corrected chi connectivity index (χ4v) is 2.89. The molecule has 3 amide bonds. The van der Waals surface area contributed by atoms with E-state index in [-0.39, 0.29) is 6.10 Å². The zero-order chi connectivity index (χ0) is 16.4. The Morgan fingerprint density at radius 2 is 1.96 bits per heavy atom. The molecule has 122 valence electrons. The highest BCUT2D eigenvalue weighted by molar-refractivity contribution is 6.13. The summed E-state index contributed by atoms with van der Waals surface area (Å²) in [5, 5.41) is 2.26. The molecule has 1 aliphatic heterocycles. The van der Waals surface area contributed by atoms with Crippen molar-refractivity contribution >= 4 is 18.0 Å². The zero-order valence-corrected chi connectivity index (χ0v) is 13.3. The molecule has 1 aromatic rings. The van der Waals surface area contributed by atoms with Crippen LogP contribution in [0.5, 0.6) is 11.5 Å². The molecule has 6 heteroatoms. The lowest BCUT2D eigenvalue weighted by Gasteiger charge is -2.16. The van der Waals surface area contributed by atoms with Crippen LogP contribution in [0, 0.1) is 0 Å². The second-order valence-electron chi connectivity index (χ2n) is 5.78. The van der Waals surface area contributed by atoms with Crippen molar-refractivity contribution in [1.82, 2.24) is 10.2 Å². The number of nitrogens with zero attached hydrogens (tertiary/aromatic N) is 1. The Hall–Kier alpha value is -2.50. The van der Waals surface area contributed by atoms with Gasteiger partial charge in [-0.2, -0.15) is 0 Å². The zero-order valence-electron chi connectivity index (χ0n) is 13.3. The van der Waals surface area contributed by atoms with Gasteiger partial charge in [-0.25, -0.2) is 4.79 Å². The van der Waals surface area contributed by atoms with Crippen LogP contribution in [0.25, 0.3) is 6.08 Å². The van der Waals surface area contributed by atoms with Gasteiger partial charge in [0.15, 0.2) is 11.5 Å². The number of carbonyl (C=O) groups is 2. The van der Waals surface area contributed by atoms with E-state index in [1.165, 1.54) is 17.7 Å². The van der Waals surface area contributed by atoms with Crippen LogP contribution in [0.15, 0.2) is 23.9 Å². The molecular formula is C17H20N2O4. The van der Waals surface area contributed by atoms with Crippen LogP contribution in [-0.2, 0) is 4.79 Å². The summed E-state index contributed by atoms with van der Waals surface area (Å²) < 4.78 is 11.4. The van der Waals surface area contributed by atoms with E-state index in [1.807, 2.05) is 18.2 Å². The van der Waals surface area contributed by atoms with E-state index in [4.69, 9.17) is 9.47 Å². The van der Waals surface area contributed by atoms with E-state index in [1.54, 1.807) is 20.2 Å². The number of urea groups is 1. The molecule has 0 radical (unpaired) electrons. The first-order chi connectivity index (χ1) is 11.1. The number of benzene rings is 1. The molecule has 1 heterocycles. The minimum absolute atomic E-state index is 0.214. The first-order valence-corrected chi connectivity index (χ1v) is 7.74. The number of methoxy groups -OCH3 is 1. The lowest BCUT2D eigenvalue weighted by molar-refractivity contribution is -0.115. The van der Waals surface area contributed by atoms with E-state index < -0.39 is 11.9 Å². The molecule has 6 nitrogen and oxygen atoms in total. The Morgan fingerprint density at radius 3 is 2.57 bits per heavy atom. The lowest BCUT2D eigenvalue weighted by atomic mass is 10.1. The average Bonchev–Trinajstić information content (AvgIpc) is 3.12. The van der Waals surface area contributed by atoms with Crippen molar-refractivity contribution in [3.8, 4) is 11.5 Å². The molecule has 1 aromatic carbocycles. The first-order valence-electron chi connectivity index (χ1n) is 7.74. The highest BCUT2D eigenvalue weighted by atomic mass is 16.5. The highest BCUT2D eigenvalue weighted by Gasteiger charge is 2.29. The van der Waals surface area contributed by atoms with Crippen molar-refractivity contribution in [1.29, 1.82) is 0 Å². The predicted octanol–water partition coefficient (Wildman–Crippen LogP) is 2.54. The first kappa shape index (κ1) is 15.4. The van der Waals surface area contributed by atoms with Gasteiger partial charge >= 0.3 is 6.03 Å². The molecule has 23 heavy (non-hydrogen) atoms. The minimum atomic E-state index is -0.419. The van der Waals surface area contributed by atoms with E-state index in [0.717, 1.165) is 18.4 Å². The van der Waals surface area contributed by atoms with Gasteiger partial charge in [0.2, 0.25) is 0 Å². The van der Waals surface area contributed by atoms with Gasteiger partial charge < -0.3 is 9.47 Å². The summed E-state index contributed by atoms with van der Waals surface area (Å²) in [4.78, 5) is 24.6. The van der Waals surface area contributed by atoms with Gasteiger partial charge in [-0.05, 0) is 49.5 Å². The summed E-state index contributed by atoms with van der Waals surface area (Å²) in [7, 11) is 3.16. The minimum Gasteiger partial charge on any atom is -0.493 e. The molecule has 2 aliphatic rings. The van der Waals surface area contributed by atoms with E-state index in [0.29, 0.717) is 17.2 Å². The van der Waals surface area contributed by atoms with Gasteiger partial charge in [-0.3, -0.25) is 15.0 Å². The fourth-order valence-electron chi connectivity index (χ4n) is 2.89. The van der Waals surface area contributed by atoms with Crippen LogP contribution in [0.1, 0.15) is 31.2 Å². The number of ether oxygens (including phenoxy) is 2. The van der Waals surface area contributed by atoms with E-state index in [2.05, 4.69) is 5.32 Å². The summed E-state index contributed by atoms with van der Waals surface area (Å²) >= 11 is 0. The summed E-state index contributed by atoms with van der Waals surface area (Å²) in [6.07, 6.45) is 6.35. The number of rotatable bonds is 4. The van der Waals surface area contributed by atoms with Crippen molar-refractivity contribution in [3.05, 3.63) is 29.5 Å². The molecule has 2 fully saturated rings. The third kappa shape index (κ3) is 3.16. The van der Waals surface area contributed by atoms with Gasteiger partial charge in [-0.1, -0.05) is 6.07 Å². The normalized spacial score (nSPS) is 20.3. The maximum absolute atomic E-state index is 11.8. The van der Waals surface area contributed by atoms with Crippen LogP contribution >= 0.6 is 0 Å². The van der Waals surface area contributed by atoms with Crippen molar-refractivity contribution in [2.24, 2.45) is 0 Å². The van der Waals surface area contributed by atoms with Crippen LogP contribution in [-0.4, -0.2) is 37.1 Å². The van der Waals surface area contributed by atoms with Gasteiger partial charge in [0.25, 0.3) is 5.91 Å². The lowest BCUT2D eigenvalue weighted by Crippen LogP contribution is -2.24. The molecule has 0 spiro atoms. The number of imide groups is 1. The number of hydrogen-bond acceptors (Lipinski definition) is 4. The SMILES string of the molecule is COc1ccc(/C=C2/C(=O)NC(=O)N2C)cc1OC1CCCC1. The van der Waals surface area contributed by atoms with Gasteiger partial charge in [0.1, 0.15) is 5.70 Å². The summed E-state index contributed by atoms with van der Waals surface area (Å²) in [6.45, 7) is 0. The Balaban J connectivity index is 1.88. The van der Waals surface area contributed by atoms with Gasteiger partial charge in [0, 0.05) is 7.05 Å². The molecule has 0 unspecified atom stereocenters. The van der Waals surface area contributed by atoms with Crippen LogP contribution in [0.4, 0.5) is 4.79 Å². The average molecular weight is 316 g/mol. The Bertz CT molecular complexity index is 663. The molecule has 1 N–H and O–H groups in total. The second kappa shape index (κ2) is 6.32. The summed E-state index contributed by atoms with van der Waals surface area (Å²) in [5.74, 6) is 0.937. The van der Waals surface area contributed by atoms with Crippen LogP contribution < -0.4 is 14.8 Å². The fraction of sp³-hybridized carbons (Fsp3) is 0.412. The topological polar surface area (TPSA) is 67.9 Å². The molecular weight excluding hydrogens is 296 g/mol. The smallest absolute Gasteiger partial charge is 0.328 e. The molecule has 0 bridgehead atoms.